The first-order valence-corrected chi connectivity index (χ1v) is 14.2. The molecule has 38 heavy (non-hydrogen) atoms. The van der Waals surface area contributed by atoms with Crippen molar-refractivity contribution in [1.29, 1.82) is 0 Å². The number of likely N-dealkylation sites (tertiary alicyclic amines) is 2. The zero-order chi connectivity index (χ0) is 26.3. The summed E-state index contributed by atoms with van der Waals surface area (Å²) < 4.78 is 1.91. The van der Waals surface area contributed by atoms with Gasteiger partial charge in [0.15, 0.2) is 0 Å². The molecule has 2 saturated heterocycles. The minimum absolute atomic E-state index is 0.0266. The molecule has 8 heteroatoms. The maximum atomic E-state index is 12.8. The molecule has 2 fully saturated rings. The van der Waals surface area contributed by atoms with E-state index in [9.17, 15) is 9.59 Å². The van der Waals surface area contributed by atoms with Crippen LogP contribution in [0.5, 0.6) is 0 Å². The molecule has 1 unspecified atom stereocenters. The standard InChI is InChI=1S/C30H36ClN5O2/c31-20-28(36-19-5-14-32-36)23-33(21-24-6-10-26(11-7-24)29(37)34-15-1-2-16-34)22-25-8-12-27(13-9-25)30(38)35-17-3-4-18-35/h5-14,19,28H,1-4,15-18,20-23H2. The van der Waals surface area contributed by atoms with Crippen molar-refractivity contribution in [2.24, 2.45) is 0 Å². The normalized spacial score (nSPS) is 16.4. The van der Waals surface area contributed by atoms with Crippen molar-refractivity contribution >= 4 is 23.4 Å². The van der Waals surface area contributed by atoms with Gasteiger partial charge < -0.3 is 9.80 Å². The molecule has 0 saturated carbocycles. The van der Waals surface area contributed by atoms with Crippen molar-refractivity contribution in [3.05, 3.63) is 89.2 Å². The molecule has 0 N–H and O–H groups in total. The molecule has 5 rings (SSSR count). The highest BCUT2D eigenvalue weighted by Crippen LogP contribution is 2.19. The van der Waals surface area contributed by atoms with E-state index >= 15 is 0 Å². The molecule has 2 aromatic carbocycles. The fourth-order valence-electron chi connectivity index (χ4n) is 5.41. The molecule has 2 aliphatic rings. The Hall–Kier alpha value is -3.16. The zero-order valence-corrected chi connectivity index (χ0v) is 22.6. The number of benzene rings is 2. The van der Waals surface area contributed by atoms with Crippen molar-refractivity contribution in [2.75, 3.05) is 38.6 Å². The number of nitrogens with zero attached hydrogens (tertiary/aromatic N) is 5. The van der Waals surface area contributed by atoms with Crippen LogP contribution in [0.4, 0.5) is 0 Å². The van der Waals surface area contributed by atoms with Gasteiger partial charge in [-0.25, -0.2) is 0 Å². The van der Waals surface area contributed by atoms with Gasteiger partial charge in [0.25, 0.3) is 11.8 Å². The molecular formula is C30H36ClN5O2. The first kappa shape index (κ1) is 26.4. The van der Waals surface area contributed by atoms with E-state index in [1.165, 1.54) is 0 Å². The van der Waals surface area contributed by atoms with Gasteiger partial charge in [-0.2, -0.15) is 5.10 Å². The lowest BCUT2D eigenvalue weighted by atomic mass is 10.1. The molecule has 0 aliphatic carbocycles. The third-order valence-corrected chi connectivity index (χ3v) is 7.90. The smallest absolute Gasteiger partial charge is 0.253 e. The van der Waals surface area contributed by atoms with Crippen LogP contribution in [0.1, 0.15) is 63.6 Å². The largest absolute Gasteiger partial charge is 0.339 e. The van der Waals surface area contributed by atoms with Crippen molar-refractivity contribution in [3.63, 3.8) is 0 Å². The molecule has 200 valence electrons. The Bertz CT molecular complexity index is 1110. The quantitative estimate of drug-likeness (QED) is 0.350. The summed E-state index contributed by atoms with van der Waals surface area (Å²) in [7, 11) is 0. The lowest BCUT2D eigenvalue weighted by Gasteiger charge is -2.27. The Morgan fingerprint density at radius 3 is 1.66 bits per heavy atom. The summed E-state index contributed by atoms with van der Waals surface area (Å²) in [4.78, 5) is 31.8. The lowest BCUT2D eigenvalue weighted by molar-refractivity contribution is 0.0785. The van der Waals surface area contributed by atoms with E-state index in [0.717, 1.165) is 74.1 Å². The Balaban J connectivity index is 1.29. The SMILES string of the molecule is O=C(c1ccc(CN(Cc2ccc(C(=O)N3CCCC3)cc2)CC(CCl)n2cccn2)cc1)N1CCCC1. The zero-order valence-electron chi connectivity index (χ0n) is 21.8. The van der Waals surface area contributed by atoms with Gasteiger partial charge in [-0.15, -0.1) is 11.6 Å². The summed E-state index contributed by atoms with van der Waals surface area (Å²) in [5, 5.41) is 4.41. The monoisotopic (exact) mass is 533 g/mol. The van der Waals surface area contributed by atoms with Gasteiger partial charge in [0, 0.05) is 75.2 Å². The van der Waals surface area contributed by atoms with Gasteiger partial charge in [-0.05, 0) is 67.1 Å². The van der Waals surface area contributed by atoms with Crippen molar-refractivity contribution < 1.29 is 9.59 Å². The van der Waals surface area contributed by atoms with Crippen LogP contribution in [0.3, 0.4) is 0 Å². The lowest BCUT2D eigenvalue weighted by Crippen LogP contribution is -2.32. The fourth-order valence-corrected chi connectivity index (χ4v) is 5.65. The predicted molar refractivity (Wildman–Crippen MR) is 149 cm³/mol. The highest BCUT2D eigenvalue weighted by atomic mass is 35.5. The highest BCUT2D eigenvalue weighted by Gasteiger charge is 2.21. The number of carbonyl (C=O) groups is 2. The molecule has 1 aromatic heterocycles. The minimum Gasteiger partial charge on any atom is -0.339 e. The fraction of sp³-hybridized carbons (Fsp3) is 0.433. The maximum absolute atomic E-state index is 12.8. The van der Waals surface area contributed by atoms with Gasteiger partial charge in [0.1, 0.15) is 0 Å². The van der Waals surface area contributed by atoms with Gasteiger partial charge in [0.05, 0.1) is 6.04 Å². The Morgan fingerprint density at radius 2 is 1.26 bits per heavy atom. The molecule has 7 nitrogen and oxygen atoms in total. The molecule has 3 aromatic rings. The Labute approximate surface area is 230 Å². The Morgan fingerprint density at radius 1 is 0.789 bits per heavy atom. The van der Waals surface area contributed by atoms with Crippen LogP contribution in [0.15, 0.2) is 67.0 Å². The number of halogens is 1. The molecule has 0 radical (unpaired) electrons. The van der Waals surface area contributed by atoms with Gasteiger partial charge >= 0.3 is 0 Å². The van der Waals surface area contributed by atoms with Gasteiger partial charge in [-0.1, -0.05) is 24.3 Å². The van der Waals surface area contributed by atoms with Crippen LogP contribution in [0.2, 0.25) is 0 Å². The van der Waals surface area contributed by atoms with Crippen LogP contribution in [-0.2, 0) is 13.1 Å². The van der Waals surface area contributed by atoms with E-state index < -0.39 is 0 Å². The second kappa shape index (κ2) is 12.6. The first-order chi connectivity index (χ1) is 18.6. The summed E-state index contributed by atoms with van der Waals surface area (Å²) in [5.41, 5.74) is 3.77. The third-order valence-electron chi connectivity index (χ3n) is 7.55. The van der Waals surface area contributed by atoms with Crippen LogP contribution in [-0.4, -0.2) is 74.9 Å². The first-order valence-electron chi connectivity index (χ1n) is 13.6. The van der Waals surface area contributed by atoms with E-state index in [0.29, 0.717) is 25.5 Å². The number of rotatable bonds is 10. The number of aromatic nitrogens is 2. The summed E-state index contributed by atoms with van der Waals surface area (Å²) in [6.45, 7) is 5.54. The number of carbonyl (C=O) groups excluding carboxylic acids is 2. The molecular weight excluding hydrogens is 498 g/mol. The third kappa shape index (κ3) is 6.45. The van der Waals surface area contributed by atoms with E-state index in [2.05, 4.69) is 34.3 Å². The molecule has 0 spiro atoms. The number of amides is 2. The second-order valence-electron chi connectivity index (χ2n) is 10.4. The Kier molecular flexibility index (Phi) is 8.76. The average molecular weight is 534 g/mol. The van der Waals surface area contributed by atoms with Crippen molar-refractivity contribution in [2.45, 2.75) is 44.8 Å². The molecule has 0 bridgehead atoms. The van der Waals surface area contributed by atoms with Crippen LogP contribution in [0.25, 0.3) is 0 Å². The molecule has 2 amide bonds. The van der Waals surface area contributed by atoms with E-state index in [1.54, 1.807) is 6.20 Å². The van der Waals surface area contributed by atoms with E-state index in [-0.39, 0.29) is 17.9 Å². The van der Waals surface area contributed by atoms with Crippen LogP contribution < -0.4 is 0 Å². The van der Waals surface area contributed by atoms with Gasteiger partial charge in [0.2, 0.25) is 0 Å². The molecule has 3 heterocycles. The van der Waals surface area contributed by atoms with E-state index in [4.69, 9.17) is 11.6 Å². The second-order valence-corrected chi connectivity index (χ2v) is 10.7. The molecule has 1 atom stereocenters. The summed E-state index contributed by atoms with van der Waals surface area (Å²) in [5.74, 6) is 0.691. The van der Waals surface area contributed by atoms with E-state index in [1.807, 2.05) is 51.0 Å². The topological polar surface area (TPSA) is 61.7 Å². The summed E-state index contributed by atoms with van der Waals surface area (Å²) in [6, 6.07) is 17.9. The van der Waals surface area contributed by atoms with Crippen molar-refractivity contribution in [3.8, 4) is 0 Å². The highest BCUT2D eigenvalue weighted by molar-refractivity contribution is 6.18. The number of hydrogen-bond donors (Lipinski definition) is 0. The molecule has 2 aliphatic heterocycles. The van der Waals surface area contributed by atoms with Crippen LogP contribution in [0, 0.1) is 0 Å². The predicted octanol–water partition coefficient (Wildman–Crippen LogP) is 4.84. The maximum Gasteiger partial charge on any atom is 0.253 e. The summed E-state index contributed by atoms with van der Waals surface area (Å²) in [6.07, 6.45) is 8.07. The van der Waals surface area contributed by atoms with Crippen molar-refractivity contribution in [1.82, 2.24) is 24.5 Å². The minimum atomic E-state index is 0.0266. The number of alkyl halides is 1. The number of hydrogen-bond acceptors (Lipinski definition) is 4. The average Bonchev–Trinajstić information content (AvgIpc) is 3.76. The van der Waals surface area contributed by atoms with Gasteiger partial charge in [-0.3, -0.25) is 19.2 Å². The van der Waals surface area contributed by atoms with Crippen LogP contribution >= 0.6 is 11.6 Å². The summed E-state index contributed by atoms with van der Waals surface area (Å²) >= 11 is 6.37.